The van der Waals surface area contributed by atoms with Crippen LogP contribution < -0.4 is 5.32 Å². The van der Waals surface area contributed by atoms with Crippen LogP contribution in [0.1, 0.15) is 35.1 Å². The first kappa shape index (κ1) is 20.2. The molecule has 0 saturated carbocycles. The van der Waals surface area contributed by atoms with Crippen LogP contribution in [0, 0.1) is 5.92 Å². The minimum absolute atomic E-state index is 0.133. The highest BCUT2D eigenvalue weighted by atomic mass is 16.5. The van der Waals surface area contributed by atoms with E-state index >= 15 is 0 Å². The molecule has 2 aromatic carbocycles. The van der Waals surface area contributed by atoms with Gasteiger partial charge in [-0.25, -0.2) is 4.68 Å². The smallest absolute Gasteiger partial charge is 0.309 e. The predicted octanol–water partition coefficient (Wildman–Crippen LogP) is 2.22. The lowest BCUT2D eigenvalue weighted by molar-refractivity contribution is -0.149. The molecule has 0 fully saturated rings. The Balaban J connectivity index is 1.44. The lowest BCUT2D eigenvalue weighted by Gasteiger charge is -2.12. The molecule has 3 aromatic rings. The Morgan fingerprint density at radius 3 is 2.38 bits per heavy atom. The number of hydrogen-bond acceptors (Lipinski definition) is 6. The van der Waals surface area contributed by atoms with Gasteiger partial charge >= 0.3 is 5.97 Å². The van der Waals surface area contributed by atoms with E-state index in [4.69, 9.17) is 4.74 Å². The summed E-state index contributed by atoms with van der Waals surface area (Å²) >= 11 is 0. The van der Waals surface area contributed by atoms with E-state index in [0.29, 0.717) is 19.5 Å². The van der Waals surface area contributed by atoms with Crippen LogP contribution in [0.15, 0.2) is 60.7 Å². The summed E-state index contributed by atoms with van der Waals surface area (Å²) in [5.74, 6) is -0.875. The molecule has 1 amide bonds. The number of aromatic nitrogens is 4. The van der Waals surface area contributed by atoms with Crippen molar-refractivity contribution in [2.45, 2.75) is 26.5 Å². The Kier molecular flexibility index (Phi) is 7.05. The van der Waals surface area contributed by atoms with Crippen LogP contribution in [0.4, 0.5) is 0 Å². The second-order valence-electron chi connectivity index (χ2n) is 6.68. The molecule has 0 unspecified atom stereocenters. The van der Waals surface area contributed by atoms with Gasteiger partial charge in [0.15, 0.2) is 0 Å². The zero-order valence-corrected chi connectivity index (χ0v) is 16.2. The van der Waals surface area contributed by atoms with Crippen LogP contribution in [0.5, 0.6) is 0 Å². The zero-order valence-electron chi connectivity index (χ0n) is 16.2. The minimum atomic E-state index is -0.379. The maximum atomic E-state index is 12.4. The zero-order chi connectivity index (χ0) is 20.5. The number of carbonyl (C=O) groups excluding carboxylic acids is 2. The lowest BCUT2D eigenvalue weighted by Crippen LogP contribution is -2.30. The molecule has 0 radical (unpaired) electrons. The predicted molar refractivity (Wildman–Crippen MR) is 106 cm³/mol. The van der Waals surface area contributed by atoms with Crippen LogP contribution in [-0.4, -0.2) is 38.6 Å². The maximum Gasteiger partial charge on any atom is 0.309 e. The van der Waals surface area contributed by atoms with Gasteiger partial charge in [0.2, 0.25) is 5.82 Å². The van der Waals surface area contributed by atoms with E-state index in [0.717, 1.165) is 11.1 Å². The fraction of sp³-hybridized carbons (Fsp3) is 0.286. The van der Waals surface area contributed by atoms with Crippen molar-refractivity contribution in [2.75, 3.05) is 6.54 Å². The van der Waals surface area contributed by atoms with Crippen LogP contribution >= 0.6 is 0 Å². The summed E-state index contributed by atoms with van der Waals surface area (Å²) in [6, 6.07) is 19.1. The topological polar surface area (TPSA) is 99.0 Å². The van der Waals surface area contributed by atoms with Crippen LogP contribution in [0.2, 0.25) is 0 Å². The number of amides is 1. The molecule has 1 heterocycles. The molecule has 1 aromatic heterocycles. The first-order chi connectivity index (χ1) is 14.1. The third kappa shape index (κ3) is 5.97. The van der Waals surface area contributed by atoms with Crippen LogP contribution in [0.25, 0.3) is 0 Å². The second kappa shape index (κ2) is 10.1. The average molecular weight is 393 g/mol. The summed E-state index contributed by atoms with van der Waals surface area (Å²) in [5, 5.41) is 14.0. The number of ether oxygens (including phenoxy) is 1. The Hall–Kier alpha value is -3.55. The molecule has 150 valence electrons. The van der Waals surface area contributed by atoms with E-state index in [9.17, 15) is 9.59 Å². The second-order valence-corrected chi connectivity index (χ2v) is 6.68. The van der Waals surface area contributed by atoms with E-state index in [1.807, 2.05) is 60.7 Å². The van der Waals surface area contributed by atoms with E-state index in [2.05, 4.69) is 20.8 Å². The third-order valence-corrected chi connectivity index (χ3v) is 4.40. The summed E-state index contributed by atoms with van der Waals surface area (Å²) in [5.41, 5.74) is 1.93. The van der Waals surface area contributed by atoms with Gasteiger partial charge in [0.1, 0.15) is 6.61 Å². The molecule has 0 aliphatic heterocycles. The SMILES string of the molecule is C[C@H](CCNC(=O)c1nnnn1Cc1ccccc1)C(=O)OCc1ccccc1. The van der Waals surface area contributed by atoms with E-state index in [-0.39, 0.29) is 30.2 Å². The van der Waals surface area contributed by atoms with E-state index in [1.165, 1.54) is 4.68 Å². The number of hydrogen-bond donors (Lipinski definition) is 1. The lowest BCUT2D eigenvalue weighted by atomic mass is 10.1. The van der Waals surface area contributed by atoms with Crippen molar-refractivity contribution in [1.82, 2.24) is 25.5 Å². The monoisotopic (exact) mass is 393 g/mol. The Labute approximate surface area is 168 Å². The first-order valence-corrected chi connectivity index (χ1v) is 9.42. The van der Waals surface area contributed by atoms with Gasteiger partial charge in [-0.15, -0.1) is 5.10 Å². The summed E-state index contributed by atoms with van der Waals surface area (Å²) in [6.07, 6.45) is 0.458. The minimum Gasteiger partial charge on any atom is -0.461 e. The van der Waals surface area contributed by atoms with Crippen molar-refractivity contribution >= 4 is 11.9 Å². The molecule has 1 atom stereocenters. The average Bonchev–Trinajstić information content (AvgIpc) is 3.21. The van der Waals surface area contributed by atoms with Gasteiger partial charge < -0.3 is 10.1 Å². The van der Waals surface area contributed by atoms with Crippen molar-refractivity contribution in [3.05, 3.63) is 77.6 Å². The molecule has 1 N–H and O–H groups in total. The van der Waals surface area contributed by atoms with E-state index in [1.54, 1.807) is 6.92 Å². The van der Waals surface area contributed by atoms with Crippen molar-refractivity contribution < 1.29 is 14.3 Å². The number of esters is 1. The Morgan fingerprint density at radius 2 is 1.69 bits per heavy atom. The number of carbonyl (C=O) groups is 2. The number of benzene rings is 2. The highest BCUT2D eigenvalue weighted by Crippen LogP contribution is 2.08. The third-order valence-electron chi connectivity index (χ3n) is 4.40. The fourth-order valence-electron chi connectivity index (χ4n) is 2.70. The quantitative estimate of drug-likeness (QED) is 0.560. The van der Waals surface area contributed by atoms with Gasteiger partial charge in [0.05, 0.1) is 12.5 Å². The van der Waals surface area contributed by atoms with Crippen molar-refractivity contribution in [3.63, 3.8) is 0 Å². The standard InChI is InChI=1S/C21H23N5O3/c1-16(21(28)29-15-18-10-6-3-7-11-18)12-13-22-20(27)19-23-24-25-26(19)14-17-8-4-2-5-9-17/h2-11,16H,12-15H2,1H3,(H,22,27)/t16-/m1/s1. The van der Waals surface area contributed by atoms with Crippen LogP contribution in [-0.2, 0) is 22.7 Å². The first-order valence-electron chi connectivity index (χ1n) is 9.42. The highest BCUT2D eigenvalue weighted by Gasteiger charge is 2.18. The summed E-state index contributed by atoms with van der Waals surface area (Å²) in [7, 11) is 0. The molecule has 0 saturated heterocycles. The van der Waals surface area contributed by atoms with Crippen molar-refractivity contribution in [1.29, 1.82) is 0 Å². The molecule has 29 heavy (non-hydrogen) atoms. The van der Waals surface area contributed by atoms with Crippen molar-refractivity contribution in [3.8, 4) is 0 Å². The Bertz CT molecular complexity index is 928. The highest BCUT2D eigenvalue weighted by molar-refractivity contribution is 5.90. The summed E-state index contributed by atoms with van der Waals surface area (Å²) in [4.78, 5) is 24.5. The maximum absolute atomic E-state index is 12.4. The summed E-state index contributed by atoms with van der Waals surface area (Å²) < 4.78 is 6.76. The number of rotatable bonds is 9. The van der Waals surface area contributed by atoms with Gasteiger partial charge in [-0.1, -0.05) is 67.6 Å². The molecule has 0 bridgehead atoms. The Morgan fingerprint density at radius 1 is 1.03 bits per heavy atom. The van der Waals surface area contributed by atoms with Gasteiger partial charge in [-0.05, 0) is 28.0 Å². The molecule has 0 aliphatic carbocycles. The van der Waals surface area contributed by atoms with Gasteiger partial charge in [0.25, 0.3) is 5.91 Å². The number of nitrogens with zero attached hydrogens (tertiary/aromatic N) is 4. The molecule has 8 heteroatoms. The van der Waals surface area contributed by atoms with Gasteiger partial charge in [-0.3, -0.25) is 9.59 Å². The van der Waals surface area contributed by atoms with E-state index < -0.39 is 0 Å². The number of nitrogens with one attached hydrogen (secondary N) is 1. The molecule has 0 aliphatic rings. The van der Waals surface area contributed by atoms with Crippen molar-refractivity contribution in [2.24, 2.45) is 5.92 Å². The largest absolute Gasteiger partial charge is 0.461 e. The van der Waals surface area contributed by atoms with Crippen LogP contribution in [0.3, 0.4) is 0 Å². The molecular weight excluding hydrogens is 370 g/mol. The fourth-order valence-corrected chi connectivity index (χ4v) is 2.70. The summed E-state index contributed by atoms with van der Waals surface area (Å²) in [6.45, 7) is 2.74. The van der Waals surface area contributed by atoms with Gasteiger partial charge in [0, 0.05) is 6.54 Å². The number of tetrazole rings is 1. The molecule has 3 rings (SSSR count). The molecule has 8 nitrogen and oxygen atoms in total. The van der Waals surface area contributed by atoms with Gasteiger partial charge in [-0.2, -0.15) is 0 Å². The normalized spacial score (nSPS) is 11.6. The molecular formula is C21H23N5O3. The molecule has 0 spiro atoms.